The Bertz CT molecular complexity index is 565. The van der Waals surface area contributed by atoms with Gasteiger partial charge in [-0.25, -0.2) is 0 Å². The van der Waals surface area contributed by atoms with Crippen molar-refractivity contribution in [3.05, 3.63) is 43.5 Å². The van der Waals surface area contributed by atoms with Gasteiger partial charge < -0.3 is 20.1 Å². The average Bonchev–Trinajstić information content (AvgIpc) is 2.78. The van der Waals surface area contributed by atoms with E-state index in [4.69, 9.17) is 37.6 Å². The van der Waals surface area contributed by atoms with Gasteiger partial charge in [0.1, 0.15) is 5.75 Å². The van der Waals surface area contributed by atoms with Gasteiger partial charge in [0.2, 0.25) is 0 Å². The van der Waals surface area contributed by atoms with E-state index >= 15 is 0 Å². The molecule has 0 spiro atoms. The van der Waals surface area contributed by atoms with Gasteiger partial charge in [-0.1, -0.05) is 63.6 Å². The summed E-state index contributed by atoms with van der Waals surface area (Å²) in [5.74, 6) is 0.994. The minimum absolute atomic E-state index is 0.0694. The van der Waals surface area contributed by atoms with Gasteiger partial charge in [-0.3, -0.25) is 14.0 Å². The molecule has 0 aromatic heterocycles. The number of aliphatic hydroxyl groups excluding tert-OH is 3. The first kappa shape index (κ1) is 36.0. The van der Waals surface area contributed by atoms with Gasteiger partial charge >= 0.3 is 10.4 Å². The number of benzene rings is 1. The highest BCUT2D eigenvalue weighted by Crippen LogP contribution is 2.10. The van der Waals surface area contributed by atoms with E-state index in [1.54, 1.807) is 4.90 Å². The van der Waals surface area contributed by atoms with Gasteiger partial charge in [-0.2, -0.15) is 8.42 Å². The molecule has 0 aliphatic rings. The molecule has 0 saturated heterocycles. The quantitative estimate of drug-likeness (QED) is 0.140. The van der Waals surface area contributed by atoms with Crippen molar-refractivity contribution in [1.82, 2.24) is 4.90 Å². The molecule has 1 aromatic carbocycles. The number of hydrogen-bond acceptors (Lipinski definition) is 7. The van der Waals surface area contributed by atoms with Crippen molar-refractivity contribution >= 4 is 10.4 Å². The van der Waals surface area contributed by atoms with Gasteiger partial charge in [0.15, 0.2) is 0 Å². The lowest BCUT2D eigenvalue weighted by Gasteiger charge is -2.17. The van der Waals surface area contributed by atoms with Crippen molar-refractivity contribution < 1.29 is 37.6 Å². The van der Waals surface area contributed by atoms with Crippen LogP contribution in [0.2, 0.25) is 0 Å². The third-order valence-corrected chi connectivity index (χ3v) is 4.01. The summed E-state index contributed by atoms with van der Waals surface area (Å²) in [6.45, 7) is 10.9. The van der Waals surface area contributed by atoms with Crippen molar-refractivity contribution in [3.8, 4) is 5.75 Å². The van der Waals surface area contributed by atoms with Crippen molar-refractivity contribution in [3.63, 3.8) is 0 Å². The lowest BCUT2D eigenvalue weighted by Crippen LogP contribution is -2.32. The Morgan fingerprint density at radius 1 is 0.788 bits per heavy atom. The van der Waals surface area contributed by atoms with Crippen LogP contribution in [0.5, 0.6) is 5.75 Å². The van der Waals surface area contributed by atoms with E-state index < -0.39 is 10.4 Å². The Labute approximate surface area is 200 Å². The molecule has 0 atom stereocenters. The van der Waals surface area contributed by atoms with Crippen molar-refractivity contribution in [2.24, 2.45) is 0 Å². The van der Waals surface area contributed by atoms with Gasteiger partial charge in [0, 0.05) is 19.6 Å². The molecule has 10 heteroatoms. The molecule has 0 heterocycles. The Balaban J connectivity index is -0.000000452. The summed E-state index contributed by atoms with van der Waals surface area (Å²) in [5, 5.41) is 25.5. The molecule has 33 heavy (non-hydrogen) atoms. The zero-order valence-electron chi connectivity index (χ0n) is 20.0. The number of ether oxygens (including phenoxy) is 1. The van der Waals surface area contributed by atoms with Crippen LogP contribution in [0.25, 0.3) is 0 Å². The largest absolute Gasteiger partial charge is 0.494 e. The predicted molar refractivity (Wildman–Crippen MR) is 133 cm³/mol. The number of unbranched alkanes of at least 4 members (excludes halogenated alkanes) is 6. The second-order valence-corrected chi connectivity index (χ2v) is 7.64. The summed E-state index contributed by atoms with van der Waals surface area (Å²) in [6.07, 6.45) is 9.35. The second kappa shape index (κ2) is 28.5. The summed E-state index contributed by atoms with van der Waals surface area (Å²) in [6, 6.07) is 10.1. The molecule has 0 bridgehead atoms. The fraction of sp³-hybridized carbons (Fsp3) is 0.652. The van der Waals surface area contributed by atoms with Crippen molar-refractivity contribution in [2.75, 3.05) is 46.1 Å². The maximum Gasteiger partial charge on any atom is 0.394 e. The summed E-state index contributed by atoms with van der Waals surface area (Å²) >= 11 is 0. The number of rotatable bonds is 15. The molecule has 0 amide bonds. The Hall–Kier alpha value is -1.53. The van der Waals surface area contributed by atoms with E-state index in [0.717, 1.165) is 12.4 Å². The van der Waals surface area contributed by atoms with E-state index in [2.05, 4.69) is 20.1 Å². The standard InChI is InChI=1S/C15H24O.C6H15NO3.C2H4.H2O4S/c1-2-3-4-5-6-7-11-14-16-15-12-9-8-10-13-15;8-4-1-7(2-5-9)3-6-10;1-2;1-5(2,3)4/h8-10,12-13H,2-7,11,14H2,1H3;8-10H,1-6H2;1-2H2;(H2,1,2,3,4). The topological polar surface area (TPSA) is 148 Å². The maximum absolute atomic E-state index is 8.74. The summed E-state index contributed by atoms with van der Waals surface area (Å²) in [5.41, 5.74) is 0. The lowest BCUT2D eigenvalue weighted by molar-refractivity contribution is 0.136. The van der Waals surface area contributed by atoms with Crippen LogP contribution in [0.4, 0.5) is 0 Å². The van der Waals surface area contributed by atoms with E-state index in [-0.39, 0.29) is 19.8 Å². The van der Waals surface area contributed by atoms with Gasteiger partial charge in [0.05, 0.1) is 26.4 Å². The average molecular weight is 496 g/mol. The van der Waals surface area contributed by atoms with Gasteiger partial charge in [0.25, 0.3) is 0 Å². The fourth-order valence-electron chi connectivity index (χ4n) is 2.53. The minimum Gasteiger partial charge on any atom is -0.494 e. The summed E-state index contributed by atoms with van der Waals surface area (Å²) in [7, 11) is -4.67. The van der Waals surface area contributed by atoms with Crippen molar-refractivity contribution in [2.45, 2.75) is 51.9 Å². The van der Waals surface area contributed by atoms with E-state index in [1.807, 2.05) is 30.3 Å². The van der Waals surface area contributed by atoms with Crippen LogP contribution < -0.4 is 4.74 Å². The van der Waals surface area contributed by atoms with Crippen molar-refractivity contribution in [1.29, 1.82) is 0 Å². The zero-order valence-corrected chi connectivity index (χ0v) is 20.8. The maximum atomic E-state index is 8.74. The summed E-state index contributed by atoms with van der Waals surface area (Å²) in [4.78, 5) is 1.79. The smallest absolute Gasteiger partial charge is 0.394 e. The van der Waals surface area contributed by atoms with E-state index in [0.29, 0.717) is 19.6 Å². The highest BCUT2D eigenvalue weighted by atomic mass is 32.3. The first-order valence-electron chi connectivity index (χ1n) is 11.2. The molecular weight excluding hydrogens is 450 g/mol. The number of hydrogen-bond donors (Lipinski definition) is 5. The highest BCUT2D eigenvalue weighted by Gasteiger charge is 2.00. The highest BCUT2D eigenvalue weighted by molar-refractivity contribution is 7.79. The van der Waals surface area contributed by atoms with E-state index in [1.165, 1.54) is 44.9 Å². The molecule has 196 valence electrons. The number of nitrogens with zero attached hydrogens (tertiary/aromatic N) is 1. The Morgan fingerprint density at radius 3 is 1.58 bits per heavy atom. The molecule has 0 unspecified atom stereocenters. The molecule has 0 fully saturated rings. The molecule has 1 aromatic rings. The second-order valence-electron chi connectivity index (χ2n) is 6.74. The van der Waals surface area contributed by atoms with Crippen LogP contribution >= 0.6 is 0 Å². The third kappa shape index (κ3) is 38.1. The number of para-hydroxylation sites is 1. The van der Waals surface area contributed by atoms with Crippen LogP contribution in [0.3, 0.4) is 0 Å². The van der Waals surface area contributed by atoms with Crippen LogP contribution in [0.1, 0.15) is 51.9 Å². The molecule has 1 rings (SSSR count). The molecule has 0 aliphatic carbocycles. The molecule has 0 aliphatic heterocycles. The summed E-state index contributed by atoms with van der Waals surface area (Å²) < 4.78 is 37.2. The third-order valence-electron chi connectivity index (χ3n) is 4.01. The normalized spacial score (nSPS) is 10.2. The minimum atomic E-state index is -4.67. The van der Waals surface area contributed by atoms with Crippen LogP contribution in [0, 0.1) is 0 Å². The Kier molecular flexibility index (Phi) is 31.1. The molecule has 0 radical (unpaired) electrons. The zero-order chi connectivity index (χ0) is 25.8. The molecule has 9 nitrogen and oxygen atoms in total. The van der Waals surface area contributed by atoms with Gasteiger partial charge in [-0.05, 0) is 18.6 Å². The number of aliphatic hydroxyl groups is 3. The lowest BCUT2D eigenvalue weighted by atomic mass is 10.1. The van der Waals surface area contributed by atoms with Crippen LogP contribution in [-0.2, 0) is 10.4 Å². The first-order chi connectivity index (χ1) is 15.8. The fourth-order valence-corrected chi connectivity index (χ4v) is 2.53. The van der Waals surface area contributed by atoms with Crippen LogP contribution in [-0.4, -0.2) is 83.8 Å². The van der Waals surface area contributed by atoms with Crippen LogP contribution in [0.15, 0.2) is 43.5 Å². The first-order valence-corrected chi connectivity index (χ1v) is 12.6. The van der Waals surface area contributed by atoms with Gasteiger partial charge in [-0.15, -0.1) is 13.2 Å². The Morgan fingerprint density at radius 2 is 1.18 bits per heavy atom. The molecule has 5 N–H and O–H groups in total. The molecule has 0 saturated carbocycles. The monoisotopic (exact) mass is 495 g/mol. The predicted octanol–water partition coefficient (Wildman–Crippen LogP) is 3.23. The molecular formula is C23H45NO8S. The van der Waals surface area contributed by atoms with E-state index in [9.17, 15) is 0 Å². The SMILES string of the molecule is C=C.CCCCCCCCCOc1ccccc1.O=S(=O)(O)O.OCCN(CCO)CCO.